The monoisotopic (exact) mass is 407 g/mol. The molecule has 1 heterocycles. The van der Waals surface area contributed by atoms with Crippen molar-refractivity contribution >= 4 is 45.3 Å². The highest BCUT2D eigenvalue weighted by molar-refractivity contribution is 14.1. The Kier molecular flexibility index (Phi) is 4.23. The van der Waals surface area contributed by atoms with E-state index in [-0.39, 0.29) is 14.9 Å². The van der Waals surface area contributed by atoms with Crippen LogP contribution in [0.1, 0.15) is 18.9 Å². The van der Waals surface area contributed by atoms with Crippen molar-refractivity contribution < 1.29 is 9.31 Å². The van der Waals surface area contributed by atoms with Gasteiger partial charge in [-0.3, -0.25) is 10.1 Å². The van der Waals surface area contributed by atoms with E-state index in [0.29, 0.717) is 0 Å². The molecule has 8 heteroatoms. The molecule has 20 heavy (non-hydrogen) atoms. The molecule has 0 atom stereocenters. The van der Waals surface area contributed by atoms with Crippen molar-refractivity contribution in [3.05, 3.63) is 48.2 Å². The molecular weight excluding hydrogens is 396 g/mol. The minimum atomic E-state index is -0.627. The van der Waals surface area contributed by atoms with Gasteiger partial charge in [0.2, 0.25) is 0 Å². The van der Waals surface area contributed by atoms with Crippen LogP contribution in [-0.2, 0) is 5.54 Å². The van der Waals surface area contributed by atoms with Crippen molar-refractivity contribution in [2.75, 3.05) is 5.32 Å². The van der Waals surface area contributed by atoms with Gasteiger partial charge in [0.15, 0.2) is 0 Å². The number of nitrogens with zero attached hydrogens (tertiary/aromatic N) is 2. The Labute approximate surface area is 132 Å². The van der Waals surface area contributed by atoms with Gasteiger partial charge < -0.3 is 5.32 Å². The number of rotatable bonds is 4. The number of anilines is 1. The van der Waals surface area contributed by atoms with Gasteiger partial charge in [-0.2, -0.15) is 0 Å². The maximum Gasteiger partial charge on any atom is 0.293 e. The molecule has 0 aliphatic heterocycles. The smallest absolute Gasteiger partial charge is 0.293 e. The summed E-state index contributed by atoms with van der Waals surface area (Å²) in [4.78, 5) is 14.7. The lowest BCUT2D eigenvalue weighted by molar-refractivity contribution is -0.384. The van der Waals surface area contributed by atoms with Gasteiger partial charge in [-0.25, -0.2) is 9.37 Å². The van der Waals surface area contributed by atoms with E-state index >= 15 is 0 Å². The van der Waals surface area contributed by atoms with Crippen LogP contribution in [-0.4, -0.2) is 9.91 Å². The lowest BCUT2D eigenvalue weighted by Gasteiger charge is -2.25. The lowest BCUT2D eigenvalue weighted by atomic mass is 10.1. The molecule has 0 spiro atoms. The maximum absolute atomic E-state index is 13.7. The van der Waals surface area contributed by atoms with E-state index in [9.17, 15) is 14.5 Å². The summed E-state index contributed by atoms with van der Waals surface area (Å²) in [6, 6.07) is 2.37. The minimum Gasteiger partial charge on any atom is -0.368 e. The summed E-state index contributed by atoms with van der Waals surface area (Å²) in [5, 5.41) is 16.7. The molecule has 1 aromatic heterocycles. The third-order valence-corrected chi connectivity index (χ3v) is 4.57. The third kappa shape index (κ3) is 3.06. The molecule has 5 nitrogen and oxygen atoms in total. The van der Waals surface area contributed by atoms with E-state index in [1.54, 1.807) is 28.8 Å². The number of aromatic nitrogens is 1. The number of benzene rings is 1. The van der Waals surface area contributed by atoms with E-state index in [1.807, 2.05) is 19.2 Å². The number of nitro benzene ring substituents is 1. The van der Waals surface area contributed by atoms with Crippen LogP contribution in [0.3, 0.4) is 0 Å². The minimum absolute atomic E-state index is 0.146. The van der Waals surface area contributed by atoms with Crippen molar-refractivity contribution in [3.8, 4) is 0 Å². The van der Waals surface area contributed by atoms with E-state index < -0.39 is 16.3 Å². The quantitative estimate of drug-likeness (QED) is 0.470. The van der Waals surface area contributed by atoms with E-state index in [4.69, 9.17) is 0 Å². The van der Waals surface area contributed by atoms with Crippen molar-refractivity contribution in [1.82, 2.24) is 4.98 Å². The largest absolute Gasteiger partial charge is 0.368 e. The number of halogens is 2. The van der Waals surface area contributed by atoms with Crippen LogP contribution in [0.25, 0.3) is 0 Å². The molecule has 2 rings (SSSR count). The van der Waals surface area contributed by atoms with Gasteiger partial charge in [-0.15, -0.1) is 11.3 Å². The predicted octanol–water partition coefficient (Wildman–Crippen LogP) is 4.14. The van der Waals surface area contributed by atoms with Crippen LogP contribution in [0.5, 0.6) is 0 Å². The molecule has 0 amide bonds. The molecule has 2 aromatic rings. The summed E-state index contributed by atoms with van der Waals surface area (Å²) in [5.74, 6) is -0.492. The van der Waals surface area contributed by atoms with Crippen LogP contribution < -0.4 is 5.32 Å². The van der Waals surface area contributed by atoms with Gasteiger partial charge in [0.1, 0.15) is 16.5 Å². The van der Waals surface area contributed by atoms with Gasteiger partial charge in [0, 0.05) is 23.7 Å². The van der Waals surface area contributed by atoms with Gasteiger partial charge >= 0.3 is 0 Å². The molecule has 0 bridgehead atoms. The van der Waals surface area contributed by atoms with Gasteiger partial charge in [-0.1, -0.05) is 0 Å². The predicted molar refractivity (Wildman–Crippen MR) is 84.5 cm³/mol. The number of thiazole rings is 1. The Morgan fingerprint density at radius 2 is 2.20 bits per heavy atom. The Hall–Kier alpha value is -1.29. The summed E-state index contributed by atoms with van der Waals surface area (Å²) in [6.45, 7) is 3.68. The molecule has 1 N–H and O–H groups in total. The molecule has 0 saturated carbocycles. The Morgan fingerprint density at radius 3 is 2.75 bits per heavy atom. The number of hydrogen-bond acceptors (Lipinski definition) is 5. The second-order valence-corrected chi connectivity index (χ2v) is 6.68. The maximum atomic E-state index is 13.7. The molecule has 0 saturated heterocycles. The highest BCUT2D eigenvalue weighted by Crippen LogP contribution is 2.34. The fraction of sp³-hybridized carbons (Fsp3) is 0.250. The van der Waals surface area contributed by atoms with E-state index in [2.05, 4.69) is 10.3 Å². The summed E-state index contributed by atoms with van der Waals surface area (Å²) in [5.41, 5.74) is -0.633. The van der Waals surface area contributed by atoms with Crippen LogP contribution in [0.4, 0.5) is 15.8 Å². The molecule has 0 unspecified atom stereocenters. The van der Waals surface area contributed by atoms with E-state index in [0.717, 1.165) is 11.1 Å². The molecule has 0 fully saturated rings. The molecule has 0 aliphatic rings. The first-order valence-corrected chi connectivity index (χ1v) is 7.58. The Balaban J connectivity index is 2.43. The molecular formula is C12H11FIN3O2S. The van der Waals surface area contributed by atoms with E-state index in [1.165, 1.54) is 17.4 Å². The van der Waals surface area contributed by atoms with Crippen molar-refractivity contribution in [3.63, 3.8) is 0 Å². The van der Waals surface area contributed by atoms with Gasteiger partial charge in [0.25, 0.3) is 5.69 Å². The zero-order valence-corrected chi connectivity index (χ0v) is 13.7. The number of nitro groups is 1. The fourth-order valence-electron chi connectivity index (χ4n) is 1.71. The van der Waals surface area contributed by atoms with Gasteiger partial charge in [0.05, 0.1) is 14.0 Å². The van der Waals surface area contributed by atoms with Crippen LogP contribution in [0, 0.1) is 19.5 Å². The third-order valence-electron chi connectivity index (χ3n) is 2.65. The Morgan fingerprint density at radius 1 is 1.50 bits per heavy atom. The first-order valence-electron chi connectivity index (χ1n) is 5.63. The zero-order chi connectivity index (χ0) is 14.9. The first kappa shape index (κ1) is 15.1. The van der Waals surface area contributed by atoms with Crippen molar-refractivity contribution in [2.24, 2.45) is 0 Å². The first-order chi connectivity index (χ1) is 9.31. The van der Waals surface area contributed by atoms with Crippen LogP contribution in [0.2, 0.25) is 0 Å². The number of hydrogen-bond donors (Lipinski definition) is 1. The SMILES string of the molecule is CC(C)(Nc1cc(F)c(I)cc1[N+](=O)[O-])c1nccs1. The molecule has 1 aromatic carbocycles. The molecule has 0 aliphatic carbocycles. The lowest BCUT2D eigenvalue weighted by Crippen LogP contribution is -2.28. The second-order valence-electron chi connectivity index (χ2n) is 4.63. The average Bonchev–Trinajstić information content (AvgIpc) is 2.87. The Bertz CT molecular complexity index is 646. The second kappa shape index (κ2) is 5.60. The zero-order valence-electron chi connectivity index (χ0n) is 10.7. The average molecular weight is 407 g/mol. The van der Waals surface area contributed by atoms with Crippen LogP contribution >= 0.6 is 33.9 Å². The molecule has 0 radical (unpaired) electrons. The molecule has 106 valence electrons. The summed E-state index contributed by atoms with van der Waals surface area (Å²) in [7, 11) is 0. The topological polar surface area (TPSA) is 68.1 Å². The standard InChI is InChI=1S/C12H11FIN3O2S/c1-12(2,11-15-3-4-20-11)16-9-5-7(13)8(14)6-10(9)17(18)19/h3-6,16H,1-2H3. The number of nitrogens with one attached hydrogen (secondary N) is 1. The highest BCUT2D eigenvalue weighted by atomic mass is 127. The van der Waals surface area contributed by atoms with Crippen molar-refractivity contribution in [1.29, 1.82) is 0 Å². The van der Waals surface area contributed by atoms with Crippen LogP contribution in [0.15, 0.2) is 23.7 Å². The summed E-state index contributed by atoms with van der Waals surface area (Å²) < 4.78 is 13.9. The highest BCUT2D eigenvalue weighted by Gasteiger charge is 2.27. The van der Waals surface area contributed by atoms with Crippen molar-refractivity contribution in [2.45, 2.75) is 19.4 Å². The normalized spacial score (nSPS) is 11.4. The fourth-order valence-corrected chi connectivity index (χ4v) is 2.88. The summed E-state index contributed by atoms with van der Waals surface area (Å²) in [6.07, 6.45) is 1.66. The summed E-state index contributed by atoms with van der Waals surface area (Å²) >= 11 is 3.16. The van der Waals surface area contributed by atoms with Gasteiger partial charge in [-0.05, 0) is 36.4 Å².